The zero-order valence-corrected chi connectivity index (χ0v) is 11.8. The molecule has 5 heteroatoms. The van der Waals surface area contributed by atoms with E-state index in [-0.39, 0.29) is 18.6 Å². The maximum Gasteiger partial charge on any atom is 0.251 e. The summed E-state index contributed by atoms with van der Waals surface area (Å²) in [6, 6.07) is 9.30. The van der Waals surface area contributed by atoms with E-state index < -0.39 is 0 Å². The molecule has 1 fully saturated rings. The molecule has 1 unspecified atom stereocenters. The fourth-order valence-corrected chi connectivity index (χ4v) is 2.50. The number of hydrogen-bond acceptors (Lipinski definition) is 3. The highest BCUT2D eigenvalue weighted by Gasteiger charge is 2.31. The molecule has 2 aromatic rings. The Kier molecular flexibility index (Phi) is 4.01. The van der Waals surface area contributed by atoms with E-state index in [4.69, 9.17) is 5.11 Å². The van der Waals surface area contributed by atoms with Gasteiger partial charge in [0.15, 0.2) is 0 Å². The maximum atomic E-state index is 12.2. The Hall–Kier alpha value is -2.14. The number of carbonyl (C=O) groups is 1. The second-order valence-electron chi connectivity index (χ2n) is 5.43. The molecule has 3 rings (SSSR count). The Labute approximate surface area is 123 Å². The Balaban J connectivity index is 1.67. The van der Waals surface area contributed by atoms with Crippen molar-refractivity contribution in [3.05, 3.63) is 48.3 Å². The van der Waals surface area contributed by atoms with E-state index in [9.17, 15) is 4.79 Å². The molecule has 0 saturated heterocycles. The summed E-state index contributed by atoms with van der Waals surface area (Å²) >= 11 is 0. The molecule has 1 aromatic carbocycles. The summed E-state index contributed by atoms with van der Waals surface area (Å²) in [7, 11) is 0. The van der Waals surface area contributed by atoms with Gasteiger partial charge in [-0.25, -0.2) is 4.68 Å². The minimum atomic E-state index is -0.0765. The number of carbonyl (C=O) groups excluding carboxylic acids is 1. The third kappa shape index (κ3) is 3.31. The zero-order valence-electron chi connectivity index (χ0n) is 11.8. The Morgan fingerprint density at radius 1 is 1.38 bits per heavy atom. The van der Waals surface area contributed by atoms with Crippen molar-refractivity contribution in [2.75, 3.05) is 6.61 Å². The predicted octanol–water partition coefficient (Wildman–Crippen LogP) is 1.76. The first-order valence-electron chi connectivity index (χ1n) is 7.30. The van der Waals surface area contributed by atoms with Crippen molar-refractivity contribution < 1.29 is 9.90 Å². The molecule has 1 aliphatic carbocycles. The standard InChI is InChI=1S/C16H19N3O2/c20-11-8-15(12-2-3-12)18-16(21)13-4-6-14(7-5-13)19-10-1-9-17-19/h1,4-7,9-10,12,15,20H,2-3,8,11H2,(H,18,21). The second kappa shape index (κ2) is 6.10. The fraction of sp³-hybridized carbons (Fsp3) is 0.375. The molecule has 0 bridgehead atoms. The van der Waals surface area contributed by atoms with Gasteiger partial charge in [0.25, 0.3) is 5.91 Å². The average molecular weight is 285 g/mol. The van der Waals surface area contributed by atoms with Crippen LogP contribution < -0.4 is 5.32 Å². The molecule has 2 N–H and O–H groups in total. The van der Waals surface area contributed by atoms with Gasteiger partial charge in [0.1, 0.15) is 0 Å². The molecule has 1 atom stereocenters. The number of aromatic nitrogens is 2. The highest BCUT2D eigenvalue weighted by atomic mass is 16.3. The van der Waals surface area contributed by atoms with Crippen LogP contribution in [0.2, 0.25) is 0 Å². The number of nitrogens with zero attached hydrogens (tertiary/aromatic N) is 2. The van der Waals surface area contributed by atoms with E-state index in [1.165, 1.54) is 0 Å². The molecule has 0 radical (unpaired) electrons. The quantitative estimate of drug-likeness (QED) is 0.850. The van der Waals surface area contributed by atoms with E-state index in [1.54, 1.807) is 23.0 Å². The lowest BCUT2D eigenvalue weighted by Gasteiger charge is -2.17. The largest absolute Gasteiger partial charge is 0.396 e. The Morgan fingerprint density at radius 2 is 2.14 bits per heavy atom. The van der Waals surface area contributed by atoms with Crippen molar-refractivity contribution in [1.29, 1.82) is 0 Å². The van der Waals surface area contributed by atoms with Crippen LogP contribution in [0.5, 0.6) is 0 Å². The zero-order chi connectivity index (χ0) is 14.7. The Morgan fingerprint density at radius 3 is 2.71 bits per heavy atom. The lowest BCUT2D eigenvalue weighted by Crippen LogP contribution is -2.37. The van der Waals surface area contributed by atoms with Crippen molar-refractivity contribution in [2.45, 2.75) is 25.3 Å². The summed E-state index contributed by atoms with van der Waals surface area (Å²) in [6.45, 7) is 0.111. The summed E-state index contributed by atoms with van der Waals surface area (Å²) in [5.41, 5.74) is 1.56. The number of nitrogens with one attached hydrogen (secondary N) is 1. The van der Waals surface area contributed by atoms with E-state index in [0.29, 0.717) is 17.9 Å². The van der Waals surface area contributed by atoms with Crippen LogP contribution in [0, 0.1) is 5.92 Å². The molecule has 1 aromatic heterocycles. The van der Waals surface area contributed by atoms with Crippen LogP contribution in [0.25, 0.3) is 5.69 Å². The molecular weight excluding hydrogens is 266 g/mol. The SMILES string of the molecule is O=C(NC(CCO)C1CC1)c1ccc(-n2cccn2)cc1. The van der Waals surface area contributed by atoms with Crippen molar-refractivity contribution in [3.63, 3.8) is 0 Å². The summed E-state index contributed by atoms with van der Waals surface area (Å²) in [5, 5.41) is 16.3. The molecule has 110 valence electrons. The summed E-state index contributed by atoms with van der Waals surface area (Å²) < 4.78 is 1.75. The van der Waals surface area contributed by atoms with Gasteiger partial charge in [0.05, 0.1) is 5.69 Å². The first-order valence-corrected chi connectivity index (χ1v) is 7.30. The second-order valence-corrected chi connectivity index (χ2v) is 5.43. The molecule has 1 heterocycles. The molecule has 1 amide bonds. The third-order valence-corrected chi connectivity index (χ3v) is 3.85. The molecule has 0 aliphatic heterocycles. The number of hydrogen-bond donors (Lipinski definition) is 2. The van der Waals surface area contributed by atoms with Crippen LogP contribution in [0.3, 0.4) is 0 Å². The molecule has 1 saturated carbocycles. The number of aliphatic hydroxyl groups is 1. The van der Waals surface area contributed by atoms with Gasteiger partial charge in [-0.2, -0.15) is 5.10 Å². The van der Waals surface area contributed by atoms with Gasteiger partial charge in [0, 0.05) is 30.6 Å². The summed E-state index contributed by atoms with van der Waals surface area (Å²) in [6.07, 6.45) is 6.49. The van der Waals surface area contributed by atoms with Crippen molar-refractivity contribution in [2.24, 2.45) is 5.92 Å². The van der Waals surface area contributed by atoms with Crippen LogP contribution in [-0.2, 0) is 0 Å². The number of aliphatic hydroxyl groups excluding tert-OH is 1. The average Bonchev–Trinajstić information content (AvgIpc) is 3.21. The van der Waals surface area contributed by atoms with Crippen molar-refractivity contribution in [3.8, 4) is 5.69 Å². The monoisotopic (exact) mass is 285 g/mol. The van der Waals surface area contributed by atoms with Crippen LogP contribution in [-0.4, -0.2) is 33.4 Å². The van der Waals surface area contributed by atoms with Crippen LogP contribution in [0.15, 0.2) is 42.7 Å². The van der Waals surface area contributed by atoms with Crippen molar-refractivity contribution >= 4 is 5.91 Å². The first-order chi connectivity index (χ1) is 10.3. The van der Waals surface area contributed by atoms with E-state index >= 15 is 0 Å². The van der Waals surface area contributed by atoms with Gasteiger partial charge >= 0.3 is 0 Å². The van der Waals surface area contributed by atoms with Gasteiger partial charge < -0.3 is 10.4 Å². The maximum absolute atomic E-state index is 12.2. The first kappa shape index (κ1) is 13.8. The van der Waals surface area contributed by atoms with Crippen LogP contribution in [0.4, 0.5) is 0 Å². The molecule has 21 heavy (non-hydrogen) atoms. The van der Waals surface area contributed by atoms with E-state index in [0.717, 1.165) is 18.5 Å². The summed E-state index contributed by atoms with van der Waals surface area (Å²) in [5.74, 6) is 0.455. The van der Waals surface area contributed by atoms with Gasteiger partial charge in [-0.1, -0.05) is 0 Å². The minimum absolute atomic E-state index is 0.0765. The van der Waals surface area contributed by atoms with Crippen LogP contribution >= 0.6 is 0 Å². The smallest absolute Gasteiger partial charge is 0.251 e. The highest BCUT2D eigenvalue weighted by Crippen LogP contribution is 2.34. The van der Waals surface area contributed by atoms with Gasteiger partial charge in [-0.15, -0.1) is 0 Å². The summed E-state index contributed by atoms with van der Waals surface area (Å²) in [4.78, 5) is 12.2. The number of rotatable bonds is 6. The Bertz CT molecular complexity index is 588. The minimum Gasteiger partial charge on any atom is -0.396 e. The molecule has 5 nitrogen and oxygen atoms in total. The topological polar surface area (TPSA) is 67.2 Å². The lowest BCUT2D eigenvalue weighted by molar-refractivity contribution is 0.0924. The predicted molar refractivity (Wildman–Crippen MR) is 79.2 cm³/mol. The fourth-order valence-electron chi connectivity index (χ4n) is 2.50. The van der Waals surface area contributed by atoms with Crippen molar-refractivity contribution in [1.82, 2.24) is 15.1 Å². The molecule has 0 spiro atoms. The van der Waals surface area contributed by atoms with Gasteiger partial charge in [-0.3, -0.25) is 4.79 Å². The third-order valence-electron chi connectivity index (χ3n) is 3.85. The van der Waals surface area contributed by atoms with E-state index in [1.807, 2.05) is 24.4 Å². The van der Waals surface area contributed by atoms with Gasteiger partial charge in [0.2, 0.25) is 0 Å². The number of amides is 1. The highest BCUT2D eigenvalue weighted by molar-refractivity contribution is 5.94. The van der Waals surface area contributed by atoms with Crippen LogP contribution in [0.1, 0.15) is 29.6 Å². The lowest BCUT2D eigenvalue weighted by atomic mass is 10.1. The number of benzene rings is 1. The molecular formula is C16H19N3O2. The normalized spacial score (nSPS) is 15.7. The van der Waals surface area contributed by atoms with E-state index in [2.05, 4.69) is 10.4 Å². The molecule has 1 aliphatic rings. The van der Waals surface area contributed by atoms with Gasteiger partial charge in [-0.05, 0) is 55.5 Å².